The Morgan fingerprint density at radius 3 is 2.79 bits per heavy atom. The summed E-state index contributed by atoms with van der Waals surface area (Å²) in [5.74, 6) is 2.61. The van der Waals surface area contributed by atoms with Crippen LogP contribution in [-0.4, -0.2) is 65.0 Å². The molecule has 4 rings (SSSR count). The number of rotatable bonds is 7. The fourth-order valence-corrected chi connectivity index (χ4v) is 3.97. The number of imidazole rings is 1. The van der Waals surface area contributed by atoms with Gasteiger partial charge in [-0.15, -0.1) is 24.0 Å². The van der Waals surface area contributed by atoms with Gasteiger partial charge >= 0.3 is 0 Å². The van der Waals surface area contributed by atoms with Crippen molar-refractivity contribution in [2.75, 3.05) is 33.2 Å². The van der Waals surface area contributed by atoms with Crippen LogP contribution in [0.3, 0.4) is 0 Å². The predicted molar refractivity (Wildman–Crippen MR) is 130 cm³/mol. The summed E-state index contributed by atoms with van der Waals surface area (Å²) in [5.41, 5.74) is 2.21. The molecular formula is C22H33IN6. The van der Waals surface area contributed by atoms with Crippen molar-refractivity contribution in [3.05, 3.63) is 42.4 Å². The molecule has 0 bridgehead atoms. The third-order valence-electron chi connectivity index (χ3n) is 5.68. The standard InChI is InChI=1S/C22H32N6.HI/c1-3-23-22(25-13-17-11-12-28(15-17)19-9-10-19)27(2)16-21-24-14-20(26-21)18-7-5-4-6-8-18;/h4-8,14,17,19H,3,9-13,15-16H2,1-2H3,(H,23,25)(H,24,26);1H. The van der Waals surface area contributed by atoms with Gasteiger partial charge in [0.2, 0.25) is 0 Å². The first kappa shape index (κ1) is 22.1. The van der Waals surface area contributed by atoms with Gasteiger partial charge in [0.05, 0.1) is 18.4 Å². The molecule has 29 heavy (non-hydrogen) atoms. The number of nitrogens with zero attached hydrogens (tertiary/aromatic N) is 4. The summed E-state index contributed by atoms with van der Waals surface area (Å²) < 4.78 is 0. The number of H-pyrrole nitrogens is 1. The number of benzene rings is 1. The molecular weight excluding hydrogens is 475 g/mol. The molecule has 2 fully saturated rings. The van der Waals surface area contributed by atoms with E-state index in [4.69, 9.17) is 4.99 Å². The minimum Gasteiger partial charge on any atom is -0.357 e. The zero-order chi connectivity index (χ0) is 19.3. The molecule has 1 atom stereocenters. The van der Waals surface area contributed by atoms with Crippen molar-refractivity contribution in [1.82, 2.24) is 25.1 Å². The Hall–Kier alpha value is -1.61. The Bertz CT molecular complexity index is 786. The highest BCUT2D eigenvalue weighted by Gasteiger charge is 2.34. The minimum absolute atomic E-state index is 0. The van der Waals surface area contributed by atoms with Crippen LogP contribution in [0.25, 0.3) is 11.3 Å². The molecule has 7 heteroatoms. The molecule has 158 valence electrons. The lowest BCUT2D eigenvalue weighted by atomic mass is 10.1. The normalized spacial score (nSPS) is 19.8. The maximum atomic E-state index is 4.93. The highest BCUT2D eigenvalue weighted by atomic mass is 127. The van der Waals surface area contributed by atoms with Crippen LogP contribution in [0.15, 0.2) is 41.5 Å². The van der Waals surface area contributed by atoms with Gasteiger partial charge in [-0.3, -0.25) is 4.99 Å². The van der Waals surface area contributed by atoms with Crippen molar-refractivity contribution in [3.63, 3.8) is 0 Å². The first-order chi connectivity index (χ1) is 13.7. The van der Waals surface area contributed by atoms with Crippen molar-refractivity contribution in [1.29, 1.82) is 0 Å². The Balaban J connectivity index is 0.00000240. The van der Waals surface area contributed by atoms with Gasteiger partial charge in [-0.05, 0) is 44.2 Å². The van der Waals surface area contributed by atoms with Gasteiger partial charge in [0.15, 0.2) is 5.96 Å². The zero-order valence-corrected chi connectivity index (χ0v) is 19.8. The van der Waals surface area contributed by atoms with E-state index in [1.165, 1.54) is 32.4 Å². The summed E-state index contributed by atoms with van der Waals surface area (Å²) >= 11 is 0. The summed E-state index contributed by atoms with van der Waals surface area (Å²) in [6, 6.07) is 11.2. The largest absolute Gasteiger partial charge is 0.357 e. The van der Waals surface area contributed by atoms with Crippen molar-refractivity contribution in [3.8, 4) is 11.3 Å². The summed E-state index contributed by atoms with van der Waals surface area (Å²) in [7, 11) is 2.08. The third kappa shape index (κ3) is 5.94. The molecule has 6 nitrogen and oxygen atoms in total. The molecule has 2 heterocycles. The molecule has 1 saturated heterocycles. The van der Waals surface area contributed by atoms with Gasteiger partial charge in [-0.25, -0.2) is 4.98 Å². The molecule has 1 saturated carbocycles. The van der Waals surface area contributed by atoms with E-state index in [9.17, 15) is 0 Å². The van der Waals surface area contributed by atoms with E-state index in [2.05, 4.69) is 51.2 Å². The van der Waals surface area contributed by atoms with E-state index >= 15 is 0 Å². The number of aliphatic imine (C=N–C) groups is 1. The molecule has 1 aromatic heterocycles. The predicted octanol–water partition coefficient (Wildman–Crippen LogP) is 3.58. The molecule has 0 radical (unpaired) electrons. The molecule has 1 aliphatic heterocycles. The lowest BCUT2D eigenvalue weighted by molar-refractivity contribution is 0.315. The Labute approximate surface area is 191 Å². The highest BCUT2D eigenvalue weighted by Crippen LogP contribution is 2.31. The van der Waals surface area contributed by atoms with Crippen molar-refractivity contribution in [2.24, 2.45) is 10.9 Å². The fraction of sp³-hybridized carbons (Fsp3) is 0.545. The quantitative estimate of drug-likeness (QED) is 0.341. The van der Waals surface area contributed by atoms with Gasteiger partial charge in [0, 0.05) is 32.7 Å². The van der Waals surface area contributed by atoms with Crippen LogP contribution in [0.4, 0.5) is 0 Å². The highest BCUT2D eigenvalue weighted by molar-refractivity contribution is 14.0. The van der Waals surface area contributed by atoms with Gasteiger partial charge in [-0.1, -0.05) is 30.3 Å². The van der Waals surface area contributed by atoms with Crippen LogP contribution in [-0.2, 0) is 6.54 Å². The SMILES string of the molecule is CCNC(=NCC1CCN(C2CC2)C1)N(C)Cc1ncc(-c2ccccc2)[nH]1.I. The number of guanidine groups is 1. The number of aromatic amines is 1. The maximum absolute atomic E-state index is 4.93. The lowest BCUT2D eigenvalue weighted by Gasteiger charge is -2.21. The molecule has 1 unspecified atom stereocenters. The fourth-order valence-electron chi connectivity index (χ4n) is 3.97. The van der Waals surface area contributed by atoms with E-state index in [-0.39, 0.29) is 24.0 Å². The van der Waals surface area contributed by atoms with Crippen molar-refractivity contribution >= 4 is 29.9 Å². The van der Waals surface area contributed by atoms with Gasteiger partial charge in [-0.2, -0.15) is 0 Å². The van der Waals surface area contributed by atoms with E-state index in [1.807, 2.05) is 24.4 Å². The number of aromatic nitrogens is 2. The van der Waals surface area contributed by atoms with Crippen molar-refractivity contribution in [2.45, 2.75) is 38.8 Å². The number of likely N-dealkylation sites (tertiary alicyclic amines) is 1. The van der Waals surface area contributed by atoms with Crippen LogP contribution < -0.4 is 5.32 Å². The number of hydrogen-bond donors (Lipinski definition) is 2. The number of nitrogens with one attached hydrogen (secondary N) is 2. The molecule has 1 aliphatic carbocycles. The molecule has 0 amide bonds. The summed E-state index contributed by atoms with van der Waals surface area (Å²) in [6.07, 6.45) is 5.99. The van der Waals surface area contributed by atoms with Crippen molar-refractivity contribution < 1.29 is 0 Å². The van der Waals surface area contributed by atoms with Crippen LogP contribution in [0.1, 0.15) is 32.0 Å². The average Bonchev–Trinajstić information content (AvgIpc) is 3.28. The smallest absolute Gasteiger partial charge is 0.194 e. The third-order valence-corrected chi connectivity index (χ3v) is 5.68. The van der Waals surface area contributed by atoms with Crippen LogP contribution >= 0.6 is 24.0 Å². The van der Waals surface area contributed by atoms with E-state index in [0.29, 0.717) is 12.5 Å². The Morgan fingerprint density at radius 2 is 2.07 bits per heavy atom. The molecule has 2 N–H and O–H groups in total. The second-order valence-corrected chi connectivity index (χ2v) is 8.04. The topological polar surface area (TPSA) is 59.6 Å². The maximum Gasteiger partial charge on any atom is 0.194 e. The number of halogens is 1. The van der Waals surface area contributed by atoms with E-state index < -0.39 is 0 Å². The van der Waals surface area contributed by atoms with Crippen LogP contribution in [0.2, 0.25) is 0 Å². The average molecular weight is 508 g/mol. The summed E-state index contributed by atoms with van der Waals surface area (Å²) in [6.45, 7) is 7.08. The second-order valence-electron chi connectivity index (χ2n) is 8.04. The molecule has 2 aromatic rings. The van der Waals surface area contributed by atoms with Crippen LogP contribution in [0.5, 0.6) is 0 Å². The zero-order valence-electron chi connectivity index (χ0n) is 17.5. The van der Waals surface area contributed by atoms with Gasteiger partial charge < -0.3 is 20.1 Å². The van der Waals surface area contributed by atoms with Gasteiger partial charge in [0.25, 0.3) is 0 Å². The van der Waals surface area contributed by atoms with E-state index in [0.717, 1.165) is 42.2 Å². The summed E-state index contributed by atoms with van der Waals surface area (Å²) in [5, 5.41) is 3.43. The minimum atomic E-state index is 0. The first-order valence-corrected chi connectivity index (χ1v) is 10.6. The second kappa shape index (κ2) is 10.4. The molecule has 0 spiro atoms. The lowest BCUT2D eigenvalue weighted by Crippen LogP contribution is -2.39. The molecule has 2 aliphatic rings. The van der Waals surface area contributed by atoms with Gasteiger partial charge in [0.1, 0.15) is 5.82 Å². The Morgan fingerprint density at radius 1 is 1.28 bits per heavy atom. The Kier molecular flexibility index (Phi) is 7.94. The molecule has 1 aromatic carbocycles. The van der Waals surface area contributed by atoms with Crippen LogP contribution in [0, 0.1) is 5.92 Å². The summed E-state index contributed by atoms with van der Waals surface area (Å²) in [4.78, 5) is 17.7. The van der Waals surface area contributed by atoms with E-state index in [1.54, 1.807) is 0 Å². The number of hydrogen-bond acceptors (Lipinski definition) is 3. The monoisotopic (exact) mass is 508 g/mol. The first-order valence-electron chi connectivity index (χ1n) is 10.6.